The fourth-order valence-electron chi connectivity index (χ4n) is 3.16. The third-order valence-corrected chi connectivity index (χ3v) is 4.64. The van der Waals surface area contributed by atoms with E-state index < -0.39 is 35.6 Å². The molecule has 0 saturated heterocycles. The molecule has 0 spiro atoms. The number of esters is 2. The third kappa shape index (κ3) is 4.04. The van der Waals surface area contributed by atoms with Gasteiger partial charge in [0.25, 0.3) is 23.6 Å². The molecule has 0 aliphatic carbocycles. The molecule has 0 fully saturated rings. The number of nitrogens with one attached hydrogen (secondary N) is 2. The molecule has 4 rings (SSSR count). The van der Waals surface area contributed by atoms with Gasteiger partial charge in [-0.3, -0.25) is 39.4 Å². The van der Waals surface area contributed by atoms with Crippen LogP contribution in [0.15, 0.2) is 36.4 Å². The molecule has 0 unspecified atom stereocenters. The Hall–Kier alpha value is -4.34. The number of amides is 4. The van der Waals surface area contributed by atoms with E-state index in [1.807, 2.05) is 0 Å². The molecule has 0 bridgehead atoms. The average molecular weight is 422 g/mol. The summed E-state index contributed by atoms with van der Waals surface area (Å²) in [6, 6.07) is 8.18. The molecule has 0 saturated carbocycles. The van der Waals surface area contributed by atoms with E-state index in [1.54, 1.807) is 0 Å². The molecule has 0 radical (unpaired) electrons. The number of carbonyl (C=O) groups is 6. The number of hydrogen-bond donors (Lipinski definition) is 2. The van der Waals surface area contributed by atoms with Crippen molar-refractivity contribution in [2.45, 2.75) is 19.3 Å². The number of rotatable bonds is 6. The van der Waals surface area contributed by atoms with Crippen molar-refractivity contribution < 1.29 is 38.2 Å². The van der Waals surface area contributed by atoms with Gasteiger partial charge in [-0.2, -0.15) is 0 Å². The molecular weight excluding hydrogens is 408 g/mol. The first-order valence-corrected chi connectivity index (χ1v) is 9.22. The van der Waals surface area contributed by atoms with E-state index in [0.29, 0.717) is 0 Å². The van der Waals surface area contributed by atoms with Crippen molar-refractivity contribution in [3.05, 3.63) is 58.7 Å². The van der Waals surface area contributed by atoms with Gasteiger partial charge in [0.1, 0.15) is 11.5 Å². The average Bonchev–Trinajstić information content (AvgIpc) is 3.16. The summed E-state index contributed by atoms with van der Waals surface area (Å²) < 4.78 is 10.3. The Morgan fingerprint density at radius 2 is 1.00 bits per heavy atom. The van der Waals surface area contributed by atoms with Crippen LogP contribution >= 0.6 is 0 Å². The predicted octanol–water partition coefficient (Wildman–Crippen LogP) is 1.14. The highest BCUT2D eigenvalue weighted by Crippen LogP contribution is 2.23. The van der Waals surface area contributed by atoms with Crippen LogP contribution in [-0.4, -0.2) is 35.6 Å². The molecule has 156 valence electrons. The van der Waals surface area contributed by atoms with E-state index in [9.17, 15) is 28.8 Å². The van der Waals surface area contributed by atoms with E-state index >= 15 is 0 Å². The van der Waals surface area contributed by atoms with Crippen LogP contribution in [-0.2, 0) is 9.59 Å². The van der Waals surface area contributed by atoms with Crippen molar-refractivity contribution in [3.8, 4) is 11.5 Å². The maximum absolute atomic E-state index is 12.0. The van der Waals surface area contributed by atoms with E-state index in [1.165, 1.54) is 36.4 Å². The Morgan fingerprint density at radius 3 is 1.42 bits per heavy atom. The minimum atomic E-state index is -0.620. The first kappa shape index (κ1) is 20.0. The van der Waals surface area contributed by atoms with Crippen LogP contribution in [0.2, 0.25) is 0 Å². The molecule has 2 N–H and O–H groups in total. The minimum Gasteiger partial charge on any atom is -0.427 e. The molecule has 10 nitrogen and oxygen atoms in total. The maximum Gasteiger partial charge on any atom is 0.311 e. The number of carbonyl (C=O) groups excluding carboxylic acids is 6. The Kier molecular flexibility index (Phi) is 5.04. The number of benzene rings is 2. The van der Waals surface area contributed by atoms with Gasteiger partial charge in [-0.05, 0) is 42.8 Å². The summed E-state index contributed by atoms with van der Waals surface area (Å²) in [5.41, 5.74) is 0.675. The standard InChI is InChI=1S/C21H14N2O8/c24-16(30-10-4-6-12-14(8-10)20(28)22-18(12)26)2-1-3-17(25)31-11-5-7-13-15(9-11)21(29)23-19(13)27/h4-9H,1-3H2,(H,22,26,28)(H,23,27,29). The number of ether oxygens (including phenoxy) is 2. The molecule has 2 aliphatic rings. The Bertz CT molecular complexity index is 1090. The highest BCUT2D eigenvalue weighted by molar-refractivity contribution is 6.22. The summed E-state index contributed by atoms with van der Waals surface area (Å²) in [6.45, 7) is 0. The van der Waals surface area contributed by atoms with E-state index in [4.69, 9.17) is 9.47 Å². The normalized spacial score (nSPS) is 13.9. The van der Waals surface area contributed by atoms with E-state index in [2.05, 4.69) is 10.6 Å². The van der Waals surface area contributed by atoms with Crippen LogP contribution in [0.25, 0.3) is 0 Å². The molecule has 2 heterocycles. The van der Waals surface area contributed by atoms with Crippen molar-refractivity contribution in [2.24, 2.45) is 0 Å². The summed E-state index contributed by atoms with van der Waals surface area (Å²) in [4.78, 5) is 70.3. The van der Waals surface area contributed by atoms with E-state index in [0.717, 1.165) is 0 Å². The fraction of sp³-hybridized carbons (Fsp3) is 0.143. The fourth-order valence-corrected chi connectivity index (χ4v) is 3.16. The molecule has 31 heavy (non-hydrogen) atoms. The van der Waals surface area contributed by atoms with Crippen LogP contribution in [0.1, 0.15) is 60.7 Å². The monoisotopic (exact) mass is 422 g/mol. The topological polar surface area (TPSA) is 145 Å². The Morgan fingerprint density at radius 1 is 0.613 bits per heavy atom. The highest BCUT2D eigenvalue weighted by atomic mass is 16.5. The Labute approximate surface area is 174 Å². The van der Waals surface area contributed by atoms with Crippen molar-refractivity contribution in [1.29, 1.82) is 0 Å². The van der Waals surface area contributed by atoms with Crippen molar-refractivity contribution in [3.63, 3.8) is 0 Å². The number of hydrogen-bond acceptors (Lipinski definition) is 8. The van der Waals surface area contributed by atoms with Gasteiger partial charge < -0.3 is 9.47 Å². The zero-order valence-electron chi connectivity index (χ0n) is 15.9. The minimum absolute atomic E-state index is 0.0849. The largest absolute Gasteiger partial charge is 0.427 e. The third-order valence-electron chi connectivity index (χ3n) is 4.64. The molecular formula is C21H14N2O8. The van der Waals surface area contributed by atoms with E-state index in [-0.39, 0.29) is 53.0 Å². The van der Waals surface area contributed by atoms with Crippen LogP contribution in [0.4, 0.5) is 0 Å². The van der Waals surface area contributed by atoms with Gasteiger partial charge in [-0.25, -0.2) is 0 Å². The predicted molar refractivity (Wildman–Crippen MR) is 102 cm³/mol. The quantitative estimate of drug-likeness (QED) is 0.400. The van der Waals surface area contributed by atoms with Crippen molar-refractivity contribution in [2.75, 3.05) is 0 Å². The molecule has 2 aromatic carbocycles. The van der Waals surface area contributed by atoms with Gasteiger partial charge in [-0.1, -0.05) is 0 Å². The molecule has 4 amide bonds. The molecule has 0 aromatic heterocycles. The lowest BCUT2D eigenvalue weighted by atomic mass is 10.1. The lowest BCUT2D eigenvalue weighted by Gasteiger charge is -2.06. The Balaban J connectivity index is 1.26. The van der Waals surface area contributed by atoms with Gasteiger partial charge in [0.15, 0.2) is 0 Å². The van der Waals surface area contributed by atoms with Crippen LogP contribution in [0.5, 0.6) is 11.5 Å². The van der Waals surface area contributed by atoms with Crippen molar-refractivity contribution in [1.82, 2.24) is 10.6 Å². The van der Waals surface area contributed by atoms with Crippen LogP contribution < -0.4 is 20.1 Å². The van der Waals surface area contributed by atoms with Crippen molar-refractivity contribution >= 4 is 35.6 Å². The van der Waals surface area contributed by atoms with Gasteiger partial charge in [-0.15, -0.1) is 0 Å². The highest BCUT2D eigenvalue weighted by Gasteiger charge is 2.28. The van der Waals surface area contributed by atoms with Gasteiger partial charge in [0.05, 0.1) is 22.3 Å². The number of fused-ring (bicyclic) bond motifs is 2. The summed E-state index contributed by atoms with van der Waals surface area (Å²) in [5.74, 6) is -3.15. The zero-order chi connectivity index (χ0) is 22.1. The molecule has 2 aromatic rings. The zero-order valence-corrected chi connectivity index (χ0v) is 15.9. The summed E-state index contributed by atoms with van der Waals surface area (Å²) in [6.07, 6.45) is -0.0255. The number of imide groups is 2. The first-order valence-electron chi connectivity index (χ1n) is 9.22. The summed E-state index contributed by atoms with van der Waals surface area (Å²) >= 11 is 0. The molecule has 0 atom stereocenters. The van der Waals surface area contributed by atoms with Gasteiger partial charge in [0.2, 0.25) is 0 Å². The first-order chi connectivity index (χ1) is 14.8. The second-order valence-corrected chi connectivity index (χ2v) is 6.78. The second kappa shape index (κ2) is 7.82. The van der Waals surface area contributed by atoms with Crippen LogP contribution in [0, 0.1) is 0 Å². The molecule has 10 heteroatoms. The second-order valence-electron chi connectivity index (χ2n) is 6.78. The molecule has 2 aliphatic heterocycles. The smallest absolute Gasteiger partial charge is 0.311 e. The lowest BCUT2D eigenvalue weighted by Crippen LogP contribution is -2.19. The van der Waals surface area contributed by atoms with Crippen LogP contribution in [0.3, 0.4) is 0 Å². The SMILES string of the molecule is O=C(CCCC(=O)Oc1ccc2c(c1)C(=O)NC2=O)Oc1ccc2c(c1)C(=O)NC2=O. The summed E-state index contributed by atoms with van der Waals surface area (Å²) in [7, 11) is 0. The lowest BCUT2D eigenvalue weighted by molar-refractivity contribution is -0.136. The maximum atomic E-state index is 12.0. The van der Waals surface area contributed by atoms with Gasteiger partial charge in [0, 0.05) is 12.8 Å². The van der Waals surface area contributed by atoms with Gasteiger partial charge >= 0.3 is 11.9 Å². The summed E-state index contributed by atoms with van der Waals surface area (Å²) in [5, 5.41) is 4.28.